The van der Waals surface area contributed by atoms with Crippen LogP contribution in [0.5, 0.6) is 0 Å². The third-order valence-corrected chi connectivity index (χ3v) is 1.90. The second-order valence-corrected chi connectivity index (χ2v) is 3.97. The fraction of sp³-hybridized carbons (Fsp3) is 0.500. The molecule has 0 aliphatic rings. The molecule has 3 heteroatoms. The van der Waals surface area contributed by atoms with Crippen LogP contribution in [0.3, 0.4) is 0 Å². The minimum atomic E-state index is -0.137. The summed E-state index contributed by atoms with van der Waals surface area (Å²) in [5.41, 5.74) is 0.966. The zero-order chi connectivity index (χ0) is 12.0. The van der Waals surface area contributed by atoms with Crippen LogP contribution in [-0.2, 0) is 4.79 Å². The van der Waals surface area contributed by atoms with Gasteiger partial charge in [-0.05, 0) is 24.8 Å². The Hall–Kier alpha value is -1.56. The van der Waals surface area contributed by atoms with E-state index in [1.807, 2.05) is 31.3 Å². The first kappa shape index (κ1) is 13.4. The van der Waals surface area contributed by atoms with Crippen molar-refractivity contribution < 1.29 is 4.79 Å². The number of ketones is 1. The lowest BCUT2D eigenvalue weighted by molar-refractivity contribution is -0.117. The Morgan fingerprint density at radius 2 is 1.93 bits per heavy atom. The Morgan fingerprint density at radius 1 is 1.40 bits per heavy atom. The Labute approximate surface area is 91.7 Å². The summed E-state index contributed by atoms with van der Waals surface area (Å²) in [7, 11) is 3.78. The van der Waals surface area contributed by atoms with Crippen molar-refractivity contribution in [3.05, 3.63) is 23.4 Å². The van der Waals surface area contributed by atoms with Gasteiger partial charge >= 0.3 is 0 Å². The Balaban J connectivity index is 5.02. The summed E-state index contributed by atoms with van der Waals surface area (Å²) in [6.45, 7) is 5.37. The van der Waals surface area contributed by atoms with Crippen LogP contribution in [0.1, 0.15) is 20.8 Å². The Kier molecular flexibility index (Phi) is 5.40. The zero-order valence-electron chi connectivity index (χ0n) is 10.0. The van der Waals surface area contributed by atoms with Crippen LogP contribution < -0.4 is 0 Å². The summed E-state index contributed by atoms with van der Waals surface area (Å²) in [5, 5.41) is 8.90. The van der Waals surface area contributed by atoms with E-state index >= 15 is 0 Å². The SMILES string of the molecule is CC(/C=C/N(C)C)=C(\C#N)C(=O)C(C)C. The number of hydrogen-bond donors (Lipinski definition) is 0. The van der Waals surface area contributed by atoms with Crippen molar-refractivity contribution >= 4 is 5.78 Å². The molecule has 15 heavy (non-hydrogen) atoms. The van der Waals surface area contributed by atoms with Crippen molar-refractivity contribution in [3.8, 4) is 6.07 Å². The van der Waals surface area contributed by atoms with Crippen LogP contribution in [0.15, 0.2) is 23.4 Å². The number of allylic oxidation sites excluding steroid dienone is 3. The topological polar surface area (TPSA) is 44.1 Å². The molecule has 0 radical (unpaired) electrons. The second-order valence-electron chi connectivity index (χ2n) is 3.97. The summed E-state index contributed by atoms with van der Waals surface area (Å²) < 4.78 is 0. The minimum Gasteiger partial charge on any atom is -0.383 e. The van der Waals surface area contributed by atoms with Gasteiger partial charge in [0, 0.05) is 20.0 Å². The largest absolute Gasteiger partial charge is 0.383 e. The van der Waals surface area contributed by atoms with Crippen LogP contribution in [0.25, 0.3) is 0 Å². The van der Waals surface area contributed by atoms with E-state index in [0.717, 1.165) is 0 Å². The second kappa shape index (κ2) is 6.02. The molecule has 82 valence electrons. The third-order valence-electron chi connectivity index (χ3n) is 1.90. The number of hydrogen-bond acceptors (Lipinski definition) is 3. The Bertz CT molecular complexity index is 330. The highest BCUT2D eigenvalue weighted by atomic mass is 16.1. The smallest absolute Gasteiger partial charge is 0.176 e. The molecule has 3 nitrogen and oxygen atoms in total. The van der Waals surface area contributed by atoms with E-state index in [0.29, 0.717) is 5.57 Å². The van der Waals surface area contributed by atoms with Crippen molar-refractivity contribution in [2.24, 2.45) is 5.92 Å². The monoisotopic (exact) mass is 206 g/mol. The highest BCUT2D eigenvalue weighted by Crippen LogP contribution is 2.11. The van der Waals surface area contributed by atoms with E-state index in [1.165, 1.54) is 0 Å². The van der Waals surface area contributed by atoms with Crippen LogP contribution >= 0.6 is 0 Å². The predicted octanol–water partition coefficient (Wildman–Crippen LogP) is 2.13. The fourth-order valence-electron chi connectivity index (χ4n) is 0.970. The van der Waals surface area contributed by atoms with Gasteiger partial charge in [0.1, 0.15) is 6.07 Å². The average Bonchev–Trinajstić information content (AvgIpc) is 2.15. The molecule has 0 atom stereocenters. The van der Waals surface area contributed by atoms with Crippen molar-refractivity contribution in [2.45, 2.75) is 20.8 Å². The van der Waals surface area contributed by atoms with Gasteiger partial charge in [0.05, 0.1) is 5.57 Å². The van der Waals surface area contributed by atoms with Gasteiger partial charge in [0.2, 0.25) is 0 Å². The van der Waals surface area contributed by atoms with Crippen molar-refractivity contribution in [3.63, 3.8) is 0 Å². The van der Waals surface area contributed by atoms with E-state index in [-0.39, 0.29) is 17.3 Å². The van der Waals surface area contributed by atoms with Gasteiger partial charge in [-0.15, -0.1) is 0 Å². The molecule has 0 spiro atoms. The summed E-state index contributed by atoms with van der Waals surface area (Å²) >= 11 is 0. The van der Waals surface area contributed by atoms with Crippen molar-refractivity contribution in [1.29, 1.82) is 5.26 Å². The van der Waals surface area contributed by atoms with Gasteiger partial charge in [-0.3, -0.25) is 4.79 Å². The molecule has 0 unspecified atom stereocenters. The maximum absolute atomic E-state index is 11.6. The highest BCUT2D eigenvalue weighted by molar-refractivity contribution is 6.01. The normalized spacial score (nSPS) is 12.6. The molecule has 0 fully saturated rings. The first-order valence-electron chi connectivity index (χ1n) is 4.90. The quantitative estimate of drug-likeness (QED) is 0.402. The molecule has 0 rings (SSSR count). The Morgan fingerprint density at radius 3 is 2.27 bits per heavy atom. The summed E-state index contributed by atoms with van der Waals surface area (Å²) in [6, 6.07) is 1.97. The van der Waals surface area contributed by atoms with E-state index in [4.69, 9.17) is 5.26 Å². The van der Waals surface area contributed by atoms with Gasteiger partial charge in [-0.25, -0.2) is 0 Å². The lowest BCUT2D eigenvalue weighted by Gasteiger charge is -2.06. The van der Waals surface area contributed by atoms with Gasteiger partial charge in [0.25, 0.3) is 0 Å². The van der Waals surface area contributed by atoms with Crippen LogP contribution in [0, 0.1) is 17.2 Å². The molecule has 0 amide bonds. The molecule has 0 aromatic heterocycles. The summed E-state index contributed by atoms with van der Waals surface area (Å²) in [4.78, 5) is 13.5. The molecule has 0 N–H and O–H groups in total. The first-order valence-corrected chi connectivity index (χ1v) is 4.90. The molecule has 0 heterocycles. The average molecular weight is 206 g/mol. The maximum atomic E-state index is 11.6. The molecular weight excluding hydrogens is 188 g/mol. The fourth-order valence-corrected chi connectivity index (χ4v) is 0.970. The molecular formula is C12H18N2O. The van der Waals surface area contributed by atoms with Crippen LogP contribution in [-0.4, -0.2) is 24.8 Å². The van der Waals surface area contributed by atoms with Gasteiger partial charge in [0.15, 0.2) is 5.78 Å². The molecule has 0 saturated heterocycles. The number of rotatable bonds is 4. The standard InChI is InChI=1S/C12H18N2O/c1-9(2)12(15)11(8-13)10(3)6-7-14(4)5/h6-7,9H,1-5H3/b7-6+,11-10-. The maximum Gasteiger partial charge on any atom is 0.176 e. The predicted molar refractivity (Wildman–Crippen MR) is 61.0 cm³/mol. The van der Waals surface area contributed by atoms with E-state index < -0.39 is 0 Å². The number of Topliss-reactive ketones (excluding diaryl/α,β-unsaturated/α-hetero) is 1. The molecule has 0 aromatic rings. The zero-order valence-corrected chi connectivity index (χ0v) is 10.0. The highest BCUT2D eigenvalue weighted by Gasteiger charge is 2.14. The van der Waals surface area contributed by atoms with E-state index in [2.05, 4.69) is 0 Å². The van der Waals surface area contributed by atoms with Crippen LogP contribution in [0.2, 0.25) is 0 Å². The van der Waals surface area contributed by atoms with Gasteiger partial charge < -0.3 is 4.90 Å². The van der Waals surface area contributed by atoms with Gasteiger partial charge in [-0.2, -0.15) is 5.26 Å². The molecule has 0 aliphatic heterocycles. The summed E-state index contributed by atoms with van der Waals surface area (Å²) in [5.74, 6) is -0.235. The molecule has 0 aromatic carbocycles. The molecule has 0 aliphatic carbocycles. The third kappa shape index (κ3) is 4.46. The first-order chi connectivity index (χ1) is 6.90. The van der Waals surface area contributed by atoms with E-state index in [1.54, 1.807) is 26.8 Å². The van der Waals surface area contributed by atoms with Crippen molar-refractivity contribution in [2.75, 3.05) is 14.1 Å². The number of carbonyl (C=O) groups is 1. The van der Waals surface area contributed by atoms with E-state index in [9.17, 15) is 4.79 Å². The molecule has 0 bridgehead atoms. The van der Waals surface area contributed by atoms with Crippen LogP contribution in [0.4, 0.5) is 0 Å². The van der Waals surface area contributed by atoms with Gasteiger partial charge in [-0.1, -0.05) is 13.8 Å². The number of nitrogens with zero attached hydrogens (tertiary/aromatic N) is 2. The molecule has 0 saturated carbocycles. The number of carbonyl (C=O) groups excluding carboxylic acids is 1. The van der Waals surface area contributed by atoms with Crippen molar-refractivity contribution in [1.82, 2.24) is 4.90 Å². The number of nitriles is 1. The lowest BCUT2D eigenvalue weighted by Crippen LogP contribution is -2.10. The lowest BCUT2D eigenvalue weighted by atomic mass is 9.98. The minimum absolute atomic E-state index is 0.0987. The summed E-state index contributed by atoms with van der Waals surface area (Å²) in [6.07, 6.45) is 3.60.